The molecule has 0 aromatic heterocycles. The summed E-state index contributed by atoms with van der Waals surface area (Å²) in [6.07, 6.45) is 1.45. The number of nitrogens with one attached hydrogen (secondary N) is 1. The molecular formula is C17H26N3O3P. The molecule has 1 atom stereocenters. The molecule has 1 N–H and O–H groups in total. The Kier molecular flexibility index (Phi) is 8.14. The lowest BCUT2D eigenvalue weighted by Crippen LogP contribution is -2.43. The normalized spacial score (nSPS) is 17.8. The average molecular weight is 351 g/mol. The number of piperidine rings is 1. The van der Waals surface area contributed by atoms with Gasteiger partial charge in [-0.3, -0.25) is 9.36 Å². The van der Waals surface area contributed by atoms with E-state index in [1.165, 1.54) is 7.11 Å². The Hall–Kier alpha value is -1.67. The van der Waals surface area contributed by atoms with Gasteiger partial charge in [0.2, 0.25) is 0 Å². The third-order valence-corrected chi connectivity index (χ3v) is 6.02. The van der Waals surface area contributed by atoms with E-state index in [9.17, 15) is 9.36 Å². The van der Waals surface area contributed by atoms with Crippen LogP contribution in [0, 0.1) is 11.3 Å². The summed E-state index contributed by atoms with van der Waals surface area (Å²) in [5.74, 6) is -0.179. The molecular weight excluding hydrogens is 325 g/mol. The number of carbonyl (C=O) groups excluding carboxylic acids is 1. The second-order valence-corrected chi connectivity index (χ2v) is 7.92. The summed E-state index contributed by atoms with van der Waals surface area (Å²) in [6.45, 7) is 6.87. The zero-order valence-corrected chi connectivity index (χ0v) is 15.7. The van der Waals surface area contributed by atoms with E-state index >= 15 is 0 Å². The standard InChI is InChI=1S/C15H20N3O3P.C2H6/c1-21-22(2,20)18-8-6-14(7-9-18)17-15(19)13-5-3-4-12(10-13)11-16;1-2/h3-5,10,14H,6-9H2,1-2H3,(H,17,19);1-2H3. The molecule has 1 amide bonds. The fourth-order valence-electron chi connectivity index (χ4n) is 2.49. The maximum Gasteiger partial charge on any atom is 0.269 e. The first-order chi connectivity index (χ1) is 11.5. The first-order valence-corrected chi connectivity index (χ1v) is 10.2. The van der Waals surface area contributed by atoms with Crippen LogP contribution < -0.4 is 5.32 Å². The molecule has 2 rings (SSSR count). The van der Waals surface area contributed by atoms with Crippen LogP contribution in [0.5, 0.6) is 0 Å². The Morgan fingerprint density at radius 1 is 1.38 bits per heavy atom. The SMILES string of the molecule is CC.COP(C)(=O)N1CCC(NC(=O)c2cccc(C#N)c2)CC1. The highest BCUT2D eigenvalue weighted by molar-refractivity contribution is 7.55. The van der Waals surface area contributed by atoms with Gasteiger partial charge in [-0.25, -0.2) is 4.67 Å². The van der Waals surface area contributed by atoms with Crippen LogP contribution in [-0.4, -0.2) is 43.5 Å². The van der Waals surface area contributed by atoms with Gasteiger partial charge in [-0.15, -0.1) is 0 Å². The van der Waals surface area contributed by atoms with Crippen molar-refractivity contribution in [1.29, 1.82) is 5.26 Å². The summed E-state index contributed by atoms with van der Waals surface area (Å²) in [7, 11) is -1.24. The minimum Gasteiger partial charge on any atom is -0.349 e. The van der Waals surface area contributed by atoms with Crippen LogP contribution in [0.25, 0.3) is 0 Å². The van der Waals surface area contributed by atoms with Gasteiger partial charge in [0.1, 0.15) is 0 Å². The number of nitriles is 1. The number of rotatable bonds is 4. The van der Waals surface area contributed by atoms with E-state index in [1.54, 1.807) is 30.9 Å². The Balaban J connectivity index is 0.00000139. The summed E-state index contributed by atoms with van der Waals surface area (Å²) < 4.78 is 19.0. The first-order valence-electron chi connectivity index (χ1n) is 8.16. The van der Waals surface area contributed by atoms with Crippen LogP contribution in [0.2, 0.25) is 0 Å². The number of carbonyl (C=O) groups is 1. The lowest BCUT2D eigenvalue weighted by Gasteiger charge is -2.34. The van der Waals surface area contributed by atoms with E-state index in [1.807, 2.05) is 24.6 Å². The van der Waals surface area contributed by atoms with Crippen LogP contribution in [0.3, 0.4) is 0 Å². The van der Waals surface area contributed by atoms with Gasteiger partial charge in [-0.05, 0) is 31.0 Å². The Labute approximate surface area is 144 Å². The molecule has 0 spiro atoms. The Morgan fingerprint density at radius 2 is 2.00 bits per heavy atom. The number of benzene rings is 1. The smallest absolute Gasteiger partial charge is 0.269 e. The molecule has 0 bridgehead atoms. The molecule has 7 heteroatoms. The minimum absolute atomic E-state index is 0.0475. The van der Waals surface area contributed by atoms with Crippen molar-refractivity contribution in [2.75, 3.05) is 26.9 Å². The molecule has 1 aliphatic rings. The monoisotopic (exact) mass is 351 g/mol. The second-order valence-electron chi connectivity index (χ2n) is 5.38. The summed E-state index contributed by atoms with van der Waals surface area (Å²) >= 11 is 0. The van der Waals surface area contributed by atoms with E-state index < -0.39 is 7.52 Å². The van der Waals surface area contributed by atoms with Crippen LogP contribution in [0.4, 0.5) is 0 Å². The van der Waals surface area contributed by atoms with Crippen molar-refractivity contribution in [2.24, 2.45) is 0 Å². The largest absolute Gasteiger partial charge is 0.349 e. The quantitative estimate of drug-likeness (QED) is 0.842. The van der Waals surface area contributed by atoms with Crippen molar-refractivity contribution >= 4 is 13.4 Å². The molecule has 1 aromatic carbocycles. The van der Waals surface area contributed by atoms with Crippen LogP contribution in [0.15, 0.2) is 24.3 Å². The fourth-order valence-corrected chi connectivity index (χ4v) is 3.68. The van der Waals surface area contributed by atoms with Gasteiger partial charge in [0.15, 0.2) is 0 Å². The lowest BCUT2D eigenvalue weighted by molar-refractivity contribution is 0.0922. The zero-order valence-electron chi connectivity index (χ0n) is 14.8. The van der Waals surface area contributed by atoms with Crippen LogP contribution in [-0.2, 0) is 9.09 Å². The minimum atomic E-state index is -2.69. The van der Waals surface area contributed by atoms with Crippen molar-refractivity contribution in [3.05, 3.63) is 35.4 Å². The third kappa shape index (κ3) is 5.45. The van der Waals surface area contributed by atoms with Crippen LogP contribution in [0.1, 0.15) is 42.6 Å². The molecule has 132 valence electrons. The molecule has 6 nitrogen and oxygen atoms in total. The topological polar surface area (TPSA) is 82.4 Å². The van der Waals surface area contributed by atoms with E-state index in [2.05, 4.69) is 5.32 Å². The van der Waals surface area contributed by atoms with Gasteiger partial charge in [-0.1, -0.05) is 19.9 Å². The van der Waals surface area contributed by atoms with Crippen molar-refractivity contribution in [1.82, 2.24) is 9.99 Å². The van der Waals surface area contributed by atoms with Crippen LogP contribution >= 0.6 is 7.52 Å². The highest BCUT2D eigenvalue weighted by Crippen LogP contribution is 2.47. The molecule has 24 heavy (non-hydrogen) atoms. The molecule has 1 unspecified atom stereocenters. The summed E-state index contributed by atoms with van der Waals surface area (Å²) in [4.78, 5) is 12.2. The van der Waals surface area contributed by atoms with Crippen molar-refractivity contribution in [3.8, 4) is 6.07 Å². The first kappa shape index (κ1) is 20.4. The Bertz CT molecular complexity index is 634. The predicted octanol–water partition coefficient (Wildman–Crippen LogP) is 3.25. The second kappa shape index (κ2) is 9.58. The van der Waals surface area contributed by atoms with E-state index in [0.29, 0.717) is 24.2 Å². The number of hydrogen-bond acceptors (Lipinski definition) is 4. The summed E-state index contributed by atoms with van der Waals surface area (Å²) in [6, 6.07) is 8.70. The van der Waals surface area contributed by atoms with Gasteiger partial charge in [0.25, 0.3) is 13.4 Å². The predicted molar refractivity (Wildman–Crippen MR) is 95.1 cm³/mol. The molecule has 1 aromatic rings. The van der Waals surface area contributed by atoms with Gasteiger partial charge in [0.05, 0.1) is 11.6 Å². The highest BCUT2D eigenvalue weighted by atomic mass is 31.2. The van der Waals surface area contributed by atoms with Crippen molar-refractivity contribution < 1.29 is 13.9 Å². The average Bonchev–Trinajstić information content (AvgIpc) is 2.64. The van der Waals surface area contributed by atoms with E-state index in [4.69, 9.17) is 9.79 Å². The van der Waals surface area contributed by atoms with E-state index in [-0.39, 0.29) is 11.9 Å². The maximum absolute atomic E-state index is 12.2. The van der Waals surface area contributed by atoms with Gasteiger partial charge in [-0.2, -0.15) is 5.26 Å². The molecule has 0 radical (unpaired) electrons. The van der Waals surface area contributed by atoms with Crippen molar-refractivity contribution in [2.45, 2.75) is 32.7 Å². The highest BCUT2D eigenvalue weighted by Gasteiger charge is 2.30. The molecule has 1 aliphatic heterocycles. The maximum atomic E-state index is 12.2. The molecule has 0 saturated carbocycles. The Morgan fingerprint density at radius 3 is 2.54 bits per heavy atom. The van der Waals surface area contributed by atoms with Gasteiger partial charge < -0.3 is 9.84 Å². The number of amides is 1. The number of nitrogens with zero attached hydrogens (tertiary/aromatic N) is 2. The van der Waals surface area contributed by atoms with Crippen molar-refractivity contribution in [3.63, 3.8) is 0 Å². The molecule has 1 heterocycles. The fraction of sp³-hybridized carbons (Fsp3) is 0.529. The summed E-state index contributed by atoms with van der Waals surface area (Å²) in [5.41, 5.74) is 0.953. The van der Waals surface area contributed by atoms with Gasteiger partial charge >= 0.3 is 0 Å². The zero-order chi connectivity index (χ0) is 18.2. The molecule has 1 saturated heterocycles. The molecule has 1 fully saturated rings. The van der Waals surface area contributed by atoms with E-state index in [0.717, 1.165) is 12.8 Å². The molecule has 0 aliphatic carbocycles. The summed E-state index contributed by atoms with van der Waals surface area (Å²) in [5, 5.41) is 11.8. The van der Waals surface area contributed by atoms with Gasteiger partial charge in [0, 0.05) is 38.5 Å². The number of hydrogen-bond donors (Lipinski definition) is 1. The third-order valence-electron chi connectivity index (χ3n) is 3.91. The lowest BCUT2D eigenvalue weighted by atomic mass is 10.1.